The van der Waals surface area contributed by atoms with Gasteiger partial charge in [-0.2, -0.15) is 0 Å². The summed E-state index contributed by atoms with van der Waals surface area (Å²) < 4.78 is 0. The van der Waals surface area contributed by atoms with E-state index in [4.69, 9.17) is 4.98 Å². The van der Waals surface area contributed by atoms with Crippen LogP contribution in [-0.4, -0.2) is 13.8 Å². The minimum atomic E-state index is -2.10. The van der Waals surface area contributed by atoms with Crippen LogP contribution >= 0.6 is 0 Å². The smallest absolute Gasteiger partial charge is 0.656 e. The van der Waals surface area contributed by atoms with E-state index in [1.807, 2.05) is 0 Å². The van der Waals surface area contributed by atoms with Crippen molar-refractivity contribution in [2.75, 3.05) is 0 Å². The molecule has 2 aromatic carbocycles. The number of hydrogen-bond donors (Lipinski definition) is 0. The zero-order chi connectivity index (χ0) is 25.6. The largest absolute Gasteiger partial charge is 4.00 e. The third-order valence-corrected chi connectivity index (χ3v) is 14.0. The van der Waals surface area contributed by atoms with Crippen LogP contribution in [0.5, 0.6) is 0 Å². The van der Waals surface area contributed by atoms with Gasteiger partial charge in [-0.3, -0.25) is 0 Å². The maximum absolute atomic E-state index is 5.79. The fourth-order valence-corrected chi connectivity index (χ4v) is 13.4. The molecular formula is C36H59NSiTi. The van der Waals surface area contributed by atoms with Gasteiger partial charge in [0.15, 0.2) is 0 Å². The van der Waals surface area contributed by atoms with Gasteiger partial charge in [0.1, 0.15) is 0 Å². The van der Waals surface area contributed by atoms with Crippen LogP contribution in [0, 0.1) is 46.0 Å². The second kappa shape index (κ2) is 14.5. The Balaban J connectivity index is 0.00000361. The molecule has 0 radical (unpaired) electrons. The number of rotatable bonds is 5. The molecule has 2 aromatic rings. The summed E-state index contributed by atoms with van der Waals surface area (Å²) >= 11 is 0. The molecule has 4 rings (SSSR count). The molecule has 39 heavy (non-hydrogen) atoms. The standard InChI is InChI=1S/C33H50NSi.3CH3.Ti/c1-23(2)29-22-30-27(24-18-20-25(21-19-24)32(3,4)5)16-13-17-28(30)31(29)35(9,34-33(6,7)8)26-14-11-10-12-15-26;;;;/h10-12,14-15,18-21,23,27-31H,13,16-17,22H2,1-9H3;3*1H3;/q4*-1;+4. The third kappa shape index (κ3) is 8.21. The summed E-state index contributed by atoms with van der Waals surface area (Å²) in [5.41, 5.74) is 3.98. The van der Waals surface area contributed by atoms with E-state index < -0.39 is 8.24 Å². The van der Waals surface area contributed by atoms with Crippen molar-refractivity contribution >= 4 is 13.4 Å². The van der Waals surface area contributed by atoms with Crippen molar-refractivity contribution in [3.8, 4) is 0 Å². The Morgan fingerprint density at radius 1 is 0.795 bits per heavy atom. The average molecular weight is 582 g/mol. The number of hydrogen-bond acceptors (Lipinski definition) is 0. The first kappa shape index (κ1) is 38.3. The van der Waals surface area contributed by atoms with Gasteiger partial charge in [0, 0.05) is 0 Å². The molecule has 1 nitrogen and oxygen atoms in total. The number of nitrogens with zero attached hydrogens (tertiary/aromatic N) is 1. The predicted molar refractivity (Wildman–Crippen MR) is 175 cm³/mol. The van der Waals surface area contributed by atoms with Gasteiger partial charge in [0.05, 0.1) is 0 Å². The van der Waals surface area contributed by atoms with E-state index in [9.17, 15) is 0 Å². The van der Waals surface area contributed by atoms with Crippen molar-refractivity contribution < 1.29 is 21.7 Å². The first-order valence-corrected chi connectivity index (χ1v) is 16.7. The molecule has 2 aliphatic rings. The molecular weight excluding hydrogens is 522 g/mol. The van der Waals surface area contributed by atoms with E-state index in [-0.39, 0.29) is 55.0 Å². The second-order valence-electron chi connectivity index (χ2n) is 14.2. The average Bonchev–Trinajstić information content (AvgIpc) is 3.19. The molecule has 0 bridgehead atoms. The molecule has 0 saturated heterocycles. The van der Waals surface area contributed by atoms with Crippen molar-refractivity contribution in [1.82, 2.24) is 0 Å². The molecule has 0 amide bonds. The first-order chi connectivity index (χ1) is 16.3. The molecule has 2 fully saturated rings. The Labute approximate surface area is 260 Å². The molecule has 0 spiro atoms. The Bertz CT molecular complexity index is 972. The van der Waals surface area contributed by atoms with Gasteiger partial charge in [-0.1, -0.05) is 140 Å². The Hall–Kier alpha value is -0.669. The van der Waals surface area contributed by atoms with Crippen LogP contribution in [0.2, 0.25) is 12.1 Å². The summed E-state index contributed by atoms with van der Waals surface area (Å²) in [4.78, 5) is 5.79. The second-order valence-corrected chi connectivity index (χ2v) is 18.0. The molecule has 3 heteroatoms. The number of fused-ring (bicyclic) bond motifs is 1. The molecule has 2 saturated carbocycles. The molecule has 2 aliphatic carbocycles. The summed E-state index contributed by atoms with van der Waals surface area (Å²) in [5.74, 6) is 3.78. The monoisotopic (exact) mass is 581 g/mol. The molecule has 0 N–H and O–H groups in total. The van der Waals surface area contributed by atoms with Crippen LogP contribution in [0.4, 0.5) is 0 Å². The molecule has 0 aliphatic heterocycles. The van der Waals surface area contributed by atoms with Crippen molar-refractivity contribution in [3.05, 3.63) is 93.0 Å². The van der Waals surface area contributed by atoms with Crippen molar-refractivity contribution in [3.63, 3.8) is 0 Å². The van der Waals surface area contributed by atoms with Gasteiger partial charge in [0.2, 0.25) is 0 Å². The van der Waals surface area contributed by atoms with Gasteiger partial charge >= 0.3 is 21.7 Å². The minimum absolute atomic E-state index is 0. The topological polar surface area (TPSA) is 14.1 Å². The van der Waals surface area contributed by atoms with Crippen molar-refractivity contribution in [2.45, 2.75) is 110 Å². The van der Waals surface area contributed by atoms with E-state index in [1.165, 1.54) is 31.2 Å². The van der Waals surface area contributed by atoms with E-state index in [2.05, 4.69) is 117 Å². The molecule has 6 unspecified atom stereocenters. The van der Waals surface area contributed by atoms with E-state index in [0.29, 0.717) is 11.8 Å². The SMILES string of the molecule is CC(C)C1CC2C(c3ccc(C(C)(C)C)cc3)CCCC2C1[Si](C)([N-]C(C)(C)C)c1ccccc1.[CH3-].[CH3-].[CH3-].[Ti+4]. The maximum atomic E-state index is 5.79. The zero-order valence-electron chi connectivity index (χ0n) is 27.4. The molecule has 216 valence electrons. The van der Waals surface area contributed by atoms with E-state index in [0.717, 1.165) is 23.3 Å². The quantitative estimate of drug-likeness (QED) is 0.246. The van der Waals surface area contributed by atoms with Crippen LogP contribution in [0.3, 0.4) is 0 Å². The van der Waals surface area contributed by atoms with Crippen LogP contribution in [0.1, 0.15) is 98.1 Å². The molecule has 6 atom stereocenters. The third-order valence-electron chi connectivity index (χ3n) is 9.22. The van der Waals surface area contributed by atoms with Crippen LogP contribution in [0.15, 0.2) is 54.6 Å². The summed E-state index contributed by atoms with van der Waals surface area (Å²) in [5, 5.41) is 1.54. The first-order valence-electron chi connectivity index (χ1n) is 14.2. The van der Waals surface area contributed by atoms with E-state index >= 15 is 0 Å². The van der Waals surface area contributed by atoms with Gasteiger partial charge in [0.25, 0.3) is 0 Å². The Morgan fingerprint density at radius 2 is 1.36 bits per heavy atom. The van der Waals surface area contributed by atoms with Gasteiger partial charge in [-0.25, -0.2) is 0 Å². The van der Waals surface area contributed by atoms with Crippen LogP contribution in [0.25, 0.3) is 4.98 Å². The van der Waals surface area contributed by atoms with Crippen molar-refractivity contribution in [2.24, 2.45) is 23.7 Å². The summed E-state index contributed by atoms with van der Waals surface area (Å²) in [6.45, 7) is 21.5. The Morgan fingerprint density at radius 3 is 1.85 bits per heavy atom. The zero-order valence-corrected chi connectivity index (χ0v) is 30.0. The normalized spacial score (nSPS) is 26.2. The van der Waals surface area contributed by atoms with Gasteiger partial charge in [-0.05, 0) is 67.2 Å². The molecule has 0 aromatic heterocycles. The fourth-order valence-electron chi connectivity index (χ4n) is 7.83. The van der Waals surface area contributed by atoms with Crippen molar-refractivity contribution in [1.29, 1.82) is 0 Å². The minimum Gasteiger partial charge on any atom is -0.656 e. The summed E-state index contributed by atoms with van der Waals surface area (Å²) in [7, 11) is -2.10. The number of benzene rings is 2. The predicted octanol–water partition coefficient (Wildman–Crippen LogP) is 10.5. The van der Waals surface area contributed by atoms with Crippen LogP contribution < -0.4 is 5.19 Å². The Kier molecular flexibility index (Phi) is 14.2. The van der Waals surface area contributed by atoms with Crippen LogP contribution in [-0.2, 0) is 27.1 Å². The summed E-state index contributed by atoms with van der Waals surface area (Å²) in [6.07, 6.45) is 5.49. The van der Waals surface area contributed by atoms with Gasteiger partial charge < -0.3 is 27.3 Å². The van der Waals surface area contributed by atoms with Gasteiger partial charge in [-0.15, -0.1) is 5.54 Å². The maximum Gasteiger partial charge on any atom is 4.00 e. The fraction of sp³-hybridized carbons (Fsp3) is 0.583. The van der Waals surface area contributed by atoms with E-state index in [1.54, 1.807) is 10.8 Å². The summed E-state index contributed by atoms with van der Waals surface area (Å²) in [6, 6.07) is 21.2. The molecule has 0 heterocycles.